The number of carbonyl (C=O) groups excluding carboxylic acids is 5. The molecular formula is C42H60N7O6+. The number of nitrogens with one attached hydrogen (secondary N) is 5. The first-order valence-corrected chi connectivity index (χ1v) is 19.2. The summed E-state index contributed by atoms with van der Waals surface area (Å²) < 4.78 is 0.824. The summed E-state index contributed by atoms with van der Waals surface area (Å²) in [6.45, 7) is 11.8. The molecule has 5 amide bonds. The molecule has 3 rings (SSSR count). The molecule has 0 fully saturated rings. The number of hydrogen-bond acceptors (Lipinski definition) is 7. The Morgan fingerprint density at radius 2 is 1.35 bits per heavy atom. The molecule has 0 radical (unpaired) electrons. The van der Waals surface area contributed by atoms with Crippen LogP contribution >= 0.6 is 0 Å². The van der Waals surface area contributed by atoms with Gasteiger partial charge in [0.25, 0.3) is 5.91 Å². The highest BCUT2D eigenvalue weighted by Gasteiger charge is 2.35. The third kappa shape index (κ3) is 13.8. The van der Waals surface area contributed by atoms with Gasteiger partial charge in [-0.2, -0.15) is 0 Å². The van der Waals surface area contributed by atoms with E-state index in [-0.39, 0.29) is 41.7 Å². The van der Waals surface area contributed by atoms with Gasteiger partial charge in [-0.15, -0.1) is 0 Å². The summed E-state index contributed by atoms with van der Waals surface area (Å²) >= 11 is 0. The summed E-state index contributed by atoms with van der Waals surface area (Å²) in [5, 5.41) is 24.6. The minimum absolute atomic E-state index is 0.125. The summed E-state index contributed by atoms with van der Waals surface area (Å²) in [5.41, 5.74) is 2.25. The number of nitrogens with zero attached hydrogens (tertiary/aromatic N) is 2. The molecule has 0 spiro atoms. The smallest absolute Gasteiger partial charge is 0.252 e. The molecule has 298 valence electrons. The van der Waals surface area contributed by atoms with Gasteiger partial charge in [-0.1, -0.05) is 94.8 Å². The zero-order valence-electron chi connectivity index (χ0n) is 33.2. The maximum absolute atomic E-state index is 14.4. The number of rotatable bonds is 21. The van der Waals surface area contributed by atoms with Crippen LogP contribution in [0.3, 0.4) is 0 Å². The SMILES string of the molecule is CCNC(=O)C(NC(=O)[C@H](C)NCC(Cc1ccccc1)NC(=O)[C@H](CCc1ccccc1)N(C)C(=O)C(NC(=O)c1cc[n+](O)cc1)C(C)CC)C(C)C. The van der Waals surface area contributed by atoms with Gasteiger partial charge in [-0.05, 0) is 56.1 Å². The number of aromatic nitrogens is 1. The van der Waals surface area contributed by atoms with E-state index in [0.717, 1.165) is 15.9 Å². The number of pyridine rings is 1. The van der Waals surface area contributed by atoms with Gasteiger partial charge in [-0.25, -0.2) is 0 Å². The first kappa shape index (κ1) is 44.1. The van der Waals surface area contributed by atoms with Crippen LogP contribution in [-0.4, -0.2) is 90.0 Å². The summed E-state index contributed by atoms with van der Waals surface area (Å²) in [6, 6.07) is 18.6. The molecular weight excluding hydrogens is 699 g/mol. The topological polar surface area (TPSA) is 173 Å². The van der Waals surface area contributed by atoms with Crippen molar-refractivity contribution in [2.75, 3.05) is 20.1 Å². The minimum Gasteiger partial charge on any atom is -0.355 e. The van der Waals surface area contributed by atoms with E-state index >= 15 is 0 Å². The van der Waals surface area contributed by atoms with E-state index < -0.39 is 42.0 Å². The number of hydrogen-bond donors (Lipinski definition) is 6. The summed E-state index contributed by atoms with van der Waals surface area (Å²) in [6.07, 6.45) is 4.52. The molecule has 3 aromatic rings. The Balaban J connectivity index is 1.86. The molecule has 6 N–H and O–H groups in total. The molecule has 13 nitrogen and oxygen atoms in total. The molecule has 0 aliphatic heterocycles. The second-order valence-electron chi connectivity index (χ2n) is 14.4. The van der Waals surface area contributed by atoms with Gasteiger partial charge in [0.15, 0.2) is 0 Å². The molecule has 0 bridgehead atoms. The maximum atomic E-state index is 14.4. The normalized spacial score (nSPS) is 14.4. The Labute approximate surface area is 325 Å². The Morgan fingerprint density at radius 3 is 1.91 bits per heavy atom. The van der Waals surface area contributed by atoms with Crippen molar-refractivity contribution in [1.82, 2.24) is 31.5 Å². The van der Waals surface area contributed by atoms with Gasteiger partial charge in [-0.3, -0.25) is 29.2 Å². The summed E-state index contributed by atoms with van der Waals surface area (Å²) in [7, 11) is 1.59. The van der Waals surface area contributed by atoms with Crippen molar-refractivity contribution in [3.8, 4) is 0 Å². The number of amides is 5. The standard InChI is InChI=1S/C42H59N7O6/c1-8-29(5)37(47-39(51)33-22-24-49(55)25-23-33)42(54)48(7)35(21-20-31-16-12-10-13-17-31)40(52)45-34(26-32-18-14-11-15-19-32)27-44-30(6)38(50)46-36(28(3)4)41(53)43-9-2/h10-19,22-25,28-30,34-37,44H,8-9,20-21,26-27H2,1-7H3,(H4-,43,45,46,47,50,51,52,53,55)/p+1/t29?,30-,34?,35-,36?,37?/m0/s1. The number of benzene rings is 2. The van der Waals surface area contributed by atoms with Crippen LogP contribution in [0, 0.1) is 11.8 Å². The molecule has 13 heteroatoms. The summed E-state index contributed by atoms with van der Waals surface area (Å²) in [4.78, 5) is 69.3. The van der Waals surface area contributed by atoms with Crippen molar-refractivity contribution in [3.05, 3.63) is 102 Å². The highest BCUT2D eigenvalue weighted by atomic mass is 16.5. The molecule has 6 atom stereocenters. The van der Waals surface area contributed by atoms with Gasteiger partial charge in [0.1, 0.15) is 18.1 Å². The quantitative estimate of drug-likeness (QED) is 0.0717. The predicted molar refractivity (Wildman–Crippen MR) is 211 cm³/mol. The number of likely N-dealkylation sites (N-methyl/N-ethyl adjacent to an activating group) is 2. The lowest BCUT2D eigenvalue weighted by atomic mass is 9.95. The van der Waals surface area contributed by atoms with Crippen LogP contribution in [0.1, 0.15) is 75.9 Å². The van der Waals surface area contributed by atoms with Crippen molar-refractivity contribution in [3.63, 3.8) is 0 Å². The molecule has 55 heavy (non-hydrogen) atoms. The molecule has 2 aromatic carbocycles. The van der Waals surface area contributed by atoms with Crippen LogP contribution in [0.15, 0.2) is 85.2 Å². The highest BCUT2D eigenvalue weighted by molar-refractivity contribution is 5.98. The lowest BCUT2D eigenvalue weighted by Crippen LogP contribution is -2.58. The average Bonchev–Trinajstić information content (AvgIpc) is 3.18. The minimum atomic E-state index is -0.925. The van der Waals surface area contributed by atoms with Gasteiger partial charge in [0, 0.05) is 43.0 Å². The van der Waals surface area contributed by atoms with Gasteiger partial charge < -0.3 is 31.5 Å². The van der Waals surface area contributed by atoms with Crippen LogP contribution in [0.25, 0.3) is 0 Å². The van der Waals surface area contributed by atoms with Crippen molar-refractivity contribution < 1.29 is 33.9 Å². The average molecular weight is 759 g/mol. The highest BCUT2D eigenvalue weighted by Crippen LogP contribution is 2.17. The number of aryl methyl sites for hydroxylation is 1. The van der Waals surface area contributed by atoms with E-state index in [1.54, 1.807) is 14.0 Å². The maximum Gasteiger partial charge on any atom is 0.252 e. The van der Waals surface area contributed by atoms with Crippen LogP contribution in [0.5, 0.6) is 0 Å². The third-order valence-electron chi connectivity index (χ3n) is 9.84. The van der Waals surface area contributed by atoms with Crippen LogP contribution in [-0.2, 0) is 32.0 Å². The fraction of sp³-hybridized carbons (Fsp3) is 0.476. The summed E-state index contributed by atoms with van der Waals surface area (Å²) in [5.74, 6) is -2.22. The van der Waals surface area contributed by atoms with Gasteiger partial charge in [0.05, 0.1) is 11.6 Å². The second kappa shape index (κ2) is 22.2. The first-order chi connectivity index (χ1) is 26.2. The Kier molecular flexibility index (Phi) is 17.8. The fourth-order valence-corrected chi connectivity index (χ4v) is 6.18. The molecule has 1 aromatic heterocycles. The van der Waals surface area contributed by atoms with Crippen LogP contribution in [0.2, 0.25) is 0 Å². The zero-order valence-corrected chi connectivity index (χ0v) is 33.2. The van der Waals surface area contributed by atoms with Crippen molar-refractivity contribution >= 4 is 29.5 Å². The van der Waals surface area contributed by atoms with E-state index in [1.807, 2.05) is 95.3 Å². The predicted octanol–water partition coefficient (Wildman–Crippen LogP) is 2.80. The third-order valence-corrected chi connectivity index (χ3v) is 9.84. The van der Waals surface area contributed by atoms with E-state index in [1.165, 1.54) is 29.4 Å². The van der Waals surface area contributed by atoms with Gasteiger partial charge in [0.2, 0.25) is 36.0 Å². The van der Waals surface area contributed by atoms with E-state index in [0.29, 0.717) is 32.2 Å². The molecule has 1 heterocycles. The molecule has 0 aliphatic carbocycles. The molecule has 0 saturated heterocycles. The van der Waals surface area contributed by atoms with Crippen molar-refractivity contribution in [1.29, 1.82) is 0 Å². The molecule has 0 aliphatic rings. The largest absolute Gasteiger partial charge is 0.355 e. The Morgan fingerprint density at radius 1 is 0.745 bits per heavy atom. The molecule has 0 saturated carbocycles. The number of carbonyl (C=O) groups is 5. The van der Waals surface area contributed by atoms with Crippen molar-refractivity contribution in [2.45, 2.75) is 97.4 Å². The lowest BCUT2D eigenvalue weighted by Gasteiger charge is -2.34. The van der Waals surface area contributed by atoms with Crippen LogP contribution in [0.4, 0.5) is 0 Å². The molecule has 4 unspecified atom stereocenters. The van der Waals surface area contributed by atoms with Crippen molar-refractivity contribution in [2.24, 2.45) is 11.8 Å². The van der Waals surface area contributed by atoms with E-state index in [4.69, 9.17) is 0 Å². The Bertz CT molecular complexity index is 1670. The van der Waals surface area contributed by atoms with Crippen LogP contribution < -0.4 is 31.3 Å². The van der Waals surface area contributed by atoms with E-state index in [9.17, 15) is 29.2 Å². The first-order valence-electron chi connectivity index (χ1n) is 19.2. The fourth-order valence-electron chi connectivity index (χ4n) is 6.18. The second-order valence-corrected chi connectivity index (χ2v) is 14.4. The van der Waals surface area contributed by atoms with E-state index in [2.05, 4.69) is 26.6 Å². The Hall–Kier alpha value is -5.30. The lowest BCUT2D eigenvalue weighted by molar-refractivity contribution is -0.904. The monoisotopic (exact) mass is 758 g/mol. The zero-order chi connectivity index (χ0) is 40.5. The van der Waals surface area contributed by atoms with Gasteiger partial charge >= 0.3 is 0 Å².